The smallest absolute Gasteiger partial charge is 0.405 e. The van der Waals surface area contributed by atoms with E-state index in [1.165, 1.54) is 6.07 Å². The molecule has 0 aliphatic carbocycles. The zero-order valence-corrected chi connectivity index (χ0v) is 16.0. The Morgan fingerprint density at radius 3 is 2.46 bits per heavy atom. The number of hydrogen-bond acceptors (Lipinski definition) is 3. The van der Waals surface area contributed by atoms with Gasteiger partial charge in [0.2, 0.25) is 0 Å². The number of hydrogen-bond donors (Lipinski definition) is 1. The van der Waals surface area contributed by atoms with Crippen molar-refractivity contribution in [3.05, 3.63) is 40.9 Å². The average Bonchev–Trinajstić information content (AvgIpc) is 2.46. The molecule has 24 heavy (non-hydrogen) atoms. The van der Waals surface area contributed by atoms with Crippen LogP contribution < -0.4 is 10.1 Å². The fourth-order valence-electron chi connectivity index (χ4n) is 2.62. The van der Waals surface area contributed by atoms with Crippen LogP contribution in [0.5, 0.6) is 5.75 Å². The molecule has 0 aromatic heterocycles. The predicted octanol–water partition coefficient (Wildman–Crippen LogP) is 4.71. The van der Waals surface area contributed by atoms with Gasteiger partial charge in [-0.1, -0.05) is 22.0 Å². The summed E-state index contributed by atoms with van der Waals surface area (Å²) in [6.07, 6.45) is -2.42. The number of piperazine rings is 1. The van der Waals surface area contributed by atoms with Gasteiger partial charge in [-0.15, -0.1) is 44.6 Å². The number of nitrogens with zero attached hydrogens (tertiary/aromatic N) is 1. The van der Waals surface area contributed by atoms with Crippen LogP contribution in [-0.2, 0) is 0 Å². The maximum atomic E-state index is 12.6. The van der Waals surface area contributed by atoms with Gasteiger partial charge in [0.25, 0.3) is 0 Å². The summed E-state index contributed by atoms with van der Waals surface area (Å²) in [6, 6.07) is 4.41. The lowest BCUT2D eigenvalue weighted by molar-refractivity contribution is -0.275. The molecule has 0 amide bonds. The molecule has 1 aromatic rings. The van der Waals surface area contributed by atoms with Crippen LogP contribution >= 0.6 is 40.7 Å². The van der Waals surface area contributed by atoms with Crippen LogP contribution in [-0.4, -0.2) is 37.4 Å². The number of rotatable bonds is 5. The fourth-order valence-corrected chi connectivity index (χ4v) is 3.00. The van der Waals surface area contributed by atoms with Gasteiger partial charge in [0.15, 0.2) is 0 Å². The van der Waals surface area contributed by atoms with Crippen LogP contribution in [0, 0.1) is 0 Å². The van der Waals surface area contributed by atoms with E-state index in [-0.39, 0.29) is 36.6 Å². The van der Waals surface area contributed by atoms with Gasteiger partial charge >= 0.3 is 6.36 Å². The van der Waals surface area contributed by atoms with E-state index in [0.29, 0.717) is 12.0 Å². The number of ether oxygens (including phenoxy) is 1. The Balaban J connectivity index is 0.00000264. The van der Waals surface area contributed by atoms with E-state index in [9.17, 15) is 13.2 Å². The van der Waals surface area contributed by atoms with E-state index in [4.69, 9.17) is 0 Å². The van der Waals surface area contributed by atoms with Gasteiger partial charge in [0.05, 0.1) is 0 Å². The van der Waals surface area contributed by atoms with Crippen molar-refractivity contribution in [2.24, 2.45) is 0 Å². The minimum Gasteiger partial charge on any atom is -0.405 e. The van der Waals surface area contributed by atoms with Crippen LogP contribution in [0.1, 0.15) is 18.0 Å². The van der Waals surface area contributed by atoms with Gasteiger partial charge in [0.1, 0.15) is 5.75 Å². The Bertz CT molecular complexity index is 526. The fraction of sp³-hybridized carbons (Fsp3) is 0.467. The third-order valence-corrected chi connectivity index (χ3v) is 4.03. The summed E-state index contributed by atoms with van der Waals surface area (Å²) in [4.78, 5) is 2.16. The van der Waals surface area contributed by atoms with Crippen molar-refractivity contribution < 1.29 is 17.9 Å². The molecule has 0 unspecified atom stereocenters. The van der Waals surface area contributed by atoms with Gasteiger partial charge in [-0.05, 0) is 24.6 Å². The highest BCUT2D eigenvalue weighted by Gasteiger charge is 2.34. The van der Waals surface area contributed by atoms with Crippen molar-refractivity contribution in [2.75, 3.05) is 26.2 Å². The van der Waals surface area contributed by atoms with Crippen molar-refractivity contribution in [2.45, 2.75) is 18.8 Å². The average molecular weight is 452 g/mol. The summed E-state index contributed by atoms with van der Waals surface area (Å²) >= 11 is 3.33. The zero-order valence-electron chi connectivity index (χ0n) is 12.8. The highest BCUT2D eigenvalue weighted by Crippen LogP contribution is 2.37. The molecule has 2 rings (SSSR count). The summed E-state index contributed by atoms with van der Waals surface area (Å²) in [6.45, 7) is 6.91. The first kappa shape index (κ1) is 23.5. The largest absolute Gasteiger partial charge is 0.573 e. The monoisotopic (exact) mass is 450 g/mol. The van der Waals surface area contributed by atoms with Crippen LogP contribution in [0.2, 0.25) is 0 Å². The van der Waals surface area contributed by atoms with Crippen molar-refractivity contribution in [3.63, 3.8) is 0 Å². The number of benzene rings is 1. The molecular weight excluding hydrogens is 432 g/mol. The molecule has 1 fully saturated rings. The highest BCUT2D eigenvalue weighted by atomic mass is 79.9. The molecule has 1 N–H and O–H groups in total. The molecule has 0 radical (unpaired) electrons. The van der Waals surface area contributed by atoms with Crippen LogP contribution in [0.25, 0.3) is 0 Å². The summed E-state index contributed by atoms with van der Waals surface area (Å²) in [7, 11) is 0. The SMILES string of the molecule is C=CC[C@@H](c1cc(Br)ccc1OC(F)(F)F)N1CCNCC1.Cl.Cl. The third-order valence-electron chi connectivity index (χ3n) is 3.54. The van der Waals surface area contributed by atoms with Crippen LogP contribution in [0.4, 0.5) is 13.2 Å². The molecule has 1 heterocycles. The lowest BCUT2D eigenvalue weighted by atomic mass is 10.00. The molecule has 0 spiro atoms. The Morgan fingerprint density at radius 2 is 1.92 bits per heavy atom. The number of halogens is 6. The second-order valence-electron chi connectivity index (χ2n) is 5.06. The minimum atomic E-state index is -4.70. The summed E-state index contributed by atoms with van der Waals surface area (Å²) in [5.41, 5.74) is 0.522. The van der Waals surface area contributed by atoms with E-state index in [1.54, 1.807) is 18.2 Å². The summed E-state index contributed by atoms with van der Waals surface area (Å²) in [5, 5.41) is 3.24. The van der Waals surface area contributed by atoms with E-state index in [1.807, 2.05) is 0 Å². The molecule has 1 atom stereocenters. The normalized spacial score (nSPS) is 16.5. The first-order valence-electron chi connectivity index (χ1n) is 7.01. The topological polar surface area (TPSA) is 24.5 Å². The molecular formula is C15H20BrCl2F3N2O. The molecule has 3 nitrogen and oxygen atoms in total. The van der Waals surface area contributed by atoms with E-state index in [2.05, 4.69) is 37.5 Å². The van der Waals surface area contributed by atoms with E-state index >= 15 is 0 Å². The van der Waals surface area contributed by atoms with Gasteiger partial charge in [-0.3, -0.25) is 4.90 Å². The molecule has 1 saturated heterocycles. The van der Waals surface area contributed by atoms with Crippen molar-refractivity contribution in [1.82, 2.24) is 10.2 Å². The Hall–Kier alpha value is -0.470. The molecule has 0 saturated carbocycles. The highest BCUT2D eigenvalue weighted by molar-refractivity contribution is 9.10. The Labute approximate surface area is 160 Å². The molecule has 9 heteroatoms. The van der Waals surface area contributed by atoms with Crippen LogP contribution in [0.3, 0.4) is 0 Å². The second kappa shape index (κ2) is 10.5. The Kier molecular flexibility index (Phi) is 10.3. The van der Waals surface area contributed by atoms with Gasteiger partial charge < -0.3 is 10.1 Å². The maximum Gasteiger partial charge on any atom is 0.573 e. The molecule has 0 bridgehead atoms. The lowest BCUT2D eigenvalue weighted by Crippen LogP contribution is -2.45. The third kappa shape index (κ3) is 6.80. The minimum absolute atomic E-state index is 0. The number of alkyl halides is 3. The molecule has 1 aromatic carbocycles. The summed E-state index contributed by atoms with van der Waals surface area (Å²) in [5.74, 6) is -0.152. The van der Waals surface area contributed by atoms with Crippen molar-refractivity contribution >= 4 is 40.7 Å². The molecule has 1 aliphatic heterocycles. The van der Waals surface area contributed by atoms with E-state index in [0.717, 1.165) is 30.7 Å². The van der Waals surface area contributed by atoms with Gasteiger partial charge in [-0.25, -0.2) is 0 Å². The number of nitrogens with one attached hydrogen (secondary N) is 1. The van der Waals surface area contributed by atoms with Crippen LogP contribution in [0.15, 0.2) is 35.3 Å². The van der Waals surface area contributed by atoms with Gasteiger partial charge in [0, 0.05) is 42.3 Å². The first-order valence-corrected chi connectivity index (χ1v) is 7.81. The first-order chi connectivity index (χ1) is 10.4. The Morgan fingerprint density at radius 1 is 1.29 bits per heavy atom. The second-order valence-corrected chi connectivity index (χ2v) is 5.97. The quantitative estimate of drug-likeness (QED) is 0.656. The van der Waals surface area contributed by atoms with E-state index < -0.39 is 6.36 Å². The lowest BCUT2D eigenvalue weighted by Gasteiger charge is -2.35. The van der Waals surface area contributed by atoms with Crippen molar-refractivity contribution in [3.8, 4) is 5.75 Å². The van der Waals surface area contributed by atoms with Crippen molar-refractivity contribution in [1.29, 1.82) is 0 Å². The summed E-state index contributed by atoms with van der Waals surface area (Å²) < 4.78 is 42.8. The maximum absolute atomic E-state index is 12.6. The molecule has 138 valence electrons. The van der Waals surface area contributed by atoms with Gasteiger partial charge in [-0.2, -0.15) is 0 Å². The predicted molar refractivity (Wildman–Crippen MR) is 97.3 cm³/mol. The molecule has 1 aliphatic rings. The standard InChI is InChI=1S/C15H18BrF3N2O.2ClH/c1-2-3-13(21-8-6-20-7-9-21)12-10-11(16)4-5-14(12)22-15(17,18)19;;/h2,4-5,10,13,20H,1,3,6-9H2;2*1H/t13-;;/m0../s1. The zero-order chi connectivity index (χ0) is 16.2.